The third kappa shape index (κ3) is 4.49. The number of benzene rings is 3. The molecule has 0 aliphatic rings. The molecule has 5 nitrogen and oxygen atoms in total. The molecule has 0 atom stereocenters. The lowest BCUT2D eigenvalue weighted by atomic mass is 10.1. The van der Waals surface area contributed by atoms with Gasteiger partial charge in [-0.15, -0.1) is 0 Å². The van der Waals surface area contributed by atoms with Crippen LogP contribution in [-0.2, 0) is 0 Å². The van der Waals surface area contributed by atoms with Crippen molar-refractivity contribution in [3.05, 3.63) is 89.7 Å². The first-order valence-electron chi connectivity index (χ1n) is 8.18. The Morgan fingerprint density at radius 2 is 1.44 bits per heavy atom. The van der Waals surface area contributed by atoms with Gasteiger partial charge >= 0.3 is 0 Å². The summed E-state index contributed by atoms with van der Waals surface area (Å²) in [6.07, 6.45) is 0. The molecule has 0 fully saturated rings. The van der Waals surface area contributed by atoms with Gasteiger partial charge in [-0.1, -0.05) is 18.2 Å². The molecule has 0 saturated heterocycles. The summed E-state index contributed by atoms with van der Waals surface area (Å²) in [6.45, 7) is 0. The Kier molecular flexibility index (Phi) is 5.47. The maximum atomic E-state index is 13.0. The van der Waals surface area contributed by atoms with E-state index in [1.54, 1.807) is 42.5 Å². The Bertz CT molecular complexity index is 971. The number of amides is 2. The first-order chi connectivity index (χ1) is 13.1. The van der Waals surface area contributed by atoms with Crippen molar-refractivity contribution in [1.82, 2.24) is 0 Å². The van der Waals surface area contributed by atoms with Crippen molar-refractivity contribution >= 4 is 23.2 Å². The summed E-state index contributed by atoms with van der Waals surface area (Å²) < 4.78 is 18.2. The van der Waals surface area contributed by atoms with Gasteiger partial charge in [0.15, 0.2) is 0 Å². The molecule has 0 heterocycles. The molecule has 0 spiro atoms. The van der Waals surface area contributed by atoms with Crippen molar-refractivity contribution < 1.29 is 18.7 Å². The molecule has 0 unspecified atom stereocenters. The van der Waals surface area contributed by atoms with E-state index in [-0.39, 0.29) is 11.7 Å². The average Bonchev–Trinajstić information content (AvgIpc) is 2.70. The molecule has 6 heteroatoms. The molecule has 2 N–H and O–H groups in total. The number of carbonyl (C=O) groups is 2. The van der Waals surface area contributed by atoms with Crippen LogP contribution in [0.5, 0.6) is 5.75 Å². The summed E-state index contributed by atoms with van der Waals surface area (Å²) >= 11 is 0. The minimum absolute atomic E-state index is 0.312. The van der Waals surface area contributed by atoms with E-state index in [4.69, 9.17) is 4.74 Å². The molecular weight excluding hydrogens is 347 g/mol. The highest BCUT2D eigenvalue weighted by molar-refractivity contribution is 6.09. The summed E-state index contributed by atoms with van der Waals surface area (Å²) in [4.78, 5) is 24.9. The maximum absolute atomic E-state index is 13.0. The van der Waals surface area contributed by atoms with Crippen LogP contribution in [0.3, 0.4) is 0 Å². The van der Waals surface area contributed by atoms with E-state index in [1.807, 2.05) is 0 Å². The van der Waals surface area contributed by atoms with E-state index in [0.717, 1.165) is 0 Å². The molecule has 136 valence electrons. The molecule has 3 rings (SSSR count). The van der Waals surface area contributed by atoms with Crippen LogP contribution in [0.2, 0.25) is 0 Å². The second-order valence-corrected chi connectivity index (χ2v) is 5.70. The fourth-order valence-electron chi connectivity index (χ4n) is 2.48. The van der Waals surface area contributed by atoms with E-state index >= 15 is 0 Å². The molecular formula is C21H17FN2O3. The van der Waals surface area contributed by atoms with Crippen LogP contribution in [-0.4, -0.2) is 18.9 Å². The fraction of sp³-hybridized carbons (Fsp3) is 0.0476. The van der Waals surface area contributed by atoms with Gasteiger partial charge in [-0.3, -0.25) is 9.59 Å². The number of hydrogen-bond donors (Lipinski definition) is 2. The van der Waals surface area contributed by atoms with Gasteiger partial charge in [0.2, 0.25) is 0 Å². The van der Waals surface area contributed by atoms with Crippen LogP contribution in [0.4, 0.5) is 15.8 Å². The Hall–Kier alpha value is -3.67. The number of halogens is 1. The SMILES string of the molecule is COc1ccccc1NC(=O)c1cccc(C(=O)Nc2ccc(F)cc2)c1. The van der Waals surface area contributed by atoms with Gasteiger partial charge in [0.1, 0.15) is 11.6 Å². The standard InChI is InChI=1S/C21H17FN2O3/c1-27-19-8-3-2-7-18(19)24-21(26)15-6-4-5-14(13-15)20(25)23-17-11-9-16(22)10-12-17/h2-13H,1H3,(H,23,25)(H,24,26). The molecule has 2 amide bonds. The Morgan fingerprint density at radius 3 is 2.11 bits per heavy atom. The highest BCUT2D eigenvalue weighted by atomic mass is 19.1. The van der Waals surface area contributed by atoms with Gasteiger partial charge in [-0.2, -0.15) is 0 Å². The van der Waals surface area contributed by atoms with Crippen molar-refractivity contribution in [3.63, 3.8) is 0 Å². The molecule has 3 aromatic carbocycles. The van der Waals surface area contributed by atoms with E-state index in [9.17, 15) is 14.0 Å². The van der Waals surface area contributed by atoms with Crippen LogP contribution >= 0.6 is 0 Å². The van der Waals surface area contributed by atoms with E-state index in [0.29, 0.717) is 28.3 Å². The zero-order chi connectivity index (χ0) is 19.2. The Balaban J connectivity index is 1.75. The fourth-order valence-corrected chi connectivity index (χ4v) is 2.48. The highest BCUT2D eigenvalue weighted by Crippen LogP contribution is 2.23. The second kappa shape index (κ2) is 8.14. The number of anilines is 2. The van der Waals surface area contributed by atoms with Crippen molar-refractivity contribution in [3.8, 4) is 5.75 Å². The van der Waals surface area contributed by atoms with E-state index < -0.39 is 5.91 Å². The lowest BCUT2D eigenvalue weighted by Crippen LogP contribution is -2.16. The van der Waals surface area contributed by atoms with Crippen molar-refractivity contribution in [2.45, 2.75) is 0 Å². The normalized spacial score (nSPS) is 10.1. The number of ether oxygens (including phenoxy) is 1. The van der Waals surface area contributed by atoms with Crippen molar-refractivity contribution in [2.75, 3.05) is 17.7 Å². The van der Waals surface area contributed by atoms with Crippen LogP contribution < -0.4 is 15.4 Å². The van der Waals surface area contributed by atoms with E-state index in [1.165, 1.54) is 37.4 Å². The minimum Gasteiger partial charge on any atom is -0.495 e. The smallest absolute Gasteiger partial charge is 0.255 e. The number of carbonyl (C=O) groups excluding carboxylic acids is 2. The summed E-state index contributed by atoms with van der Waals surface area (Å²) in [6, 6.07) is 18.8. The lowest BCUT2D eigenvalue weighted by molar-refractivity contribution is 0.102. The Labute approximate surface area is 155 Å². The predicted molar refractivity (Wildman–Crippen MR) is 102 cm³/mol. The Morgan fingerprint density at radius 1 is 0.815 bits per heavy atom. The van der Waals surface area contributed by atoms with Crippen LogP contribution in [0.25, 0.3) is 0 Å². The quantitative estimate of drug-likeness (QED) is 0.708. The third-order valence-electron chi connectivity index (χ3n) is 3.84. The minimum atomic E-state index is -0.395. The highest BCUT2D eigenvalue weighted by Gasteiger charge is 2.13. The van der Waals surface area contributed by atoms with Gasteiger partial charge in [-0.25, -0.2) is 4.39 Å². The zero-order valence-corrected chi connectivity index (χ0v) is 14.5. The van der Waals surface area contributed by atoms with Gasteiger partial charge in [0, 0.05) is 16.8 Å². The van der Waals surface area contributed by atoms with Gasteiger partial charge in [0.25, 0.3) is 11.8 Å². The number of methoxy groups -OCH3 is 1. The first kappa shape index (κ1) is 18.1. The number of nitrogens with one attached hydrogen (secondary N) is 2. The molecule has 0 radical (unpaired) electrons. The lowest BCUT2D eigenvalue weighted by Gasteiger charge is -2.10. The van der Waals surface area contributed by atoms with Crippen molar-refractivity contribution in [1.29, 1.82) is 0 Å². The van der Waals surface area contributed by atoms with Gasteiger partial charge in [0.05, 0.1) is 12.8 Å². The summed E-state index contributed by atoms with van der Waals surface area (Å²) in [7, 11) is 1.52. The van der Waals surface area contributed by atoms with Crippen LogP contribution in [0.1, 0.15) is 20.7 Å². The van der Waals surface area contributed by atoms with E-state index in [2.05, 4.69) is 10.6 Å². The summed E-state index contributed by atoms with van der Waals surface area (Å²) in [5.41, 5.74) is 1.64. The molecule has 0 aromatic heterocycles. The molecule has 0 aliphatic heterocycles. The maximum Gasteiger partial charge on any atom is 0.255 e. The molecule has 0 saturated carbocycles. The zero-order valence-electron chi connectivity index (χ0n) is 14.5. The van der Waals surface area contributed by atoms with Crippen LogP contribution in [0, 0.1) is 5.82 Å². The first-order valence-corrected chi connectivity index (χ1v) is 8.18. The predicted octanol–water partition coefficient (Wildman–Crippen LogP) is 4.34. The largest absolute Gasteiger partial charge is 0.495 e. The molecule has 0 aliphatic carbocycles. The summed E-state index contributed by atoms with van der Waals surface area (Å²) in [5.74, 6) is -0.608. The van der Waals surface area contributed by atoms with Gasteiger partial charge < -0.3 is 15.4 Å². The molecule has 0 bridgehead atoms. The number of para-hydroxylation sites is 2. The third-order valence-corrected chi connectivity index (χ3v) is 3.84. The second-order valence-electron chi connectivity index (χ2n) is 5.70. The topological polar surface area (TPSA) is 67.4 Å². The van der Waals surface area contributed by atoms with Crippen molar-refractivity contribution in [2.24, 2.45) is 0 Å². The number of hydrogen-bond acceptors (Lipinski definition) is 3. The average molecular weight is 364 g/mol. The van der Waals surface area contributed by atoms with Gasteiger partial charge in [-0.05, 0) is 54.6 Å². The number of rotatable bonds is 5. The summed E-state index contributed by atoms with van der Waals surface area (Å²) in [5, 5.41) is 5.42. The molecule has 27 heavy (non-hydrogen) atoms. The molecule has 3 aromatic rings. The monoisotopic (exact) mass is 364 g/mol. The van der Waals surface area contributed by atoms with Crippen LogP contribution in [0.15, 0.2) is 72.8 Å².